The number of ether oxygens (including phenoxy) is 1. The van der Waals surface area contributed by atoms with Crippen LogP contribution in [0.4, 0.5) is 5.69 Å². The molecule has 0 aromatic heterocycles. The molecule has 0 saturated carbocycles. The summed E-state index contributed by atoms with van der Waals surface area (Å²) in [5, 5.41) is 2.83. The Labute approximate surface area is 157 Å². The van der Waals surface area contributed by atoms with Gasteiger partial charge < -0.3 is 15.8 Å². The first kappa shape index (κ1) is 18.2. The van der Waals surface area contributed by atoms with Crippen LogP contribution in [0.3, 0.4) is 0 Å². The zero-order valence-electron chi connectivity index (χ0n) is 14.9. The highest BCUT2D eigenvalue weighted by Gasteiger charge is 2.15. The summed E-state index contributed by atoms with van der Waals surface area (Å²) in [4.78, 5) is 24.3. The van der Waals surface area contributed by atoms with E-state index in [0.29, 0.717) is 29.0 Å². The number of anilines is 1. The van der Waals surface area contributed by atoms with Crippen molar-refractivity contribution in [2.75, 3.05) is 12.4 Å². The SMILES string of the molecule is COc1ccc(C(N)=O)cc1NC(=O)c1ccccc1Cc1ccccc1. The highest BCUT2D eigenvalue weighted by Crippen LogP contribution is 2.26. The van der Waals surface area contributed by atoms with Crippen molar-refractivity contribution in [1.82, 2.24) is 0 Å². The van der Waals surface area contributed by atoms with Crippen LogP contribution in [0.15, 0.2) is 72.8 Å². The molecule has 0 saturated heterocycles. The molecule has 0 unspecified atom stereocenters. The summed E-state index contributed by atoms with van der Waals surface area (Å²) in [6, 6.07) is 22.0. The Kier molecular flexibility index (Phi) is 5.52. The van der Waals surface area contributed by atoms with Crippen LogP contribution < -0.4 is 15.8 Å². The van der Waals surface area contributed by atoms with Crippen molar-refractivity contribution in [1.29, 1.82) is 0 Å². The molecule has 0 fully saturated rings. The topological polar surface area (TPSA) is 81.4 Å². The van der Waals surface area contributed by atoms with Crippen LogP contribution in [0, 0.1) is 0 Å². The molecule has 136 valence electrons. The van der Waals surface area contributed by atoms with Crippen molar-refractivity contribution in [2.24, 2.45) is 5.73 Å². The Morgan fingerprint density at radius 2 is 1.67 bits per heavy atom. The molecular formula is C22H20N2O3. The molecule has 0 bridgehead atoms. The second-order valence-corrected chi connectivity index (χ2v) is 6.05. The van der Waals surface area contributed by atoms with Gasteiger partial charge in [0.15, 0.2) is 0 Å². The summed E-state index contributed by atoms with van der Waals surface area (Å²) in [6.07, 6.45) is 0.642. The van der Waals surface area contributed by atoms with Crippen LogP contribution in [-0.4, -0.2) is 18.9 Å². The van der Waals surface area contributed by atoms with Crippen molar-refractivity contribution in [3.05, 3.63) is 95.1 Å². The van der Waals surface area contributed by atoms with Gasteiger partial charge in [0, 0.05) is 11.1 Å². The molecule has 3 aromatic rings. The number of hydrogen-bond acceptors (Lipinski definition) is 3. The van der Waals surface area contributed by atoms with E-state index in [1.54, 1.807) is 18.2 Å². The molecule has 0 heterocycles. The number of methoxy groups -OCH3 is 1. The molecule has 27 heavy (non-hydrogen) atoms. The number of carbonyl (C=O) groups excluding carboxylic acids is 2. The van der Waals surface area contributed by atoms with E-state index < -0.39 is 5.91 Å². The first-order valence-electron chi connectivity index (χ1n) is 8.49. The Bertz CT molecular complexity index is 968. The number of rotatable bonds is 6. The summed E-state index contributed by atoms with van der Waals surface area (Å²) in [6.45, 7) is 0. The van der Waals surface area contributed by atoms with Crippen LogP contribution in [0.1, 0.15) is 31.8 Å². The minimum absolute atomic E-state index is 0.276. The number of hydrogen-bond donors (Lipinski definition) is 2. The molecule has 0 aliphatic rings. The van der Waals surface area contributed by atoms with Gasteiger partial charge in [-0.1, -0.05) is 48.5 Å². The van der Waals surface area contributed by atoms with Crippen LogP contribution in [-0.2, 0) is 6.42 Å². The number of nitrogens with two attached hydrogens (primary N) is 1. The predicted octanol–water partition coefficient (Wildman–Crippen LogP) is 3.64. The third kappa shape index (κ3) is 4.33. The molecule has 2 amide bonds. The lowest BCUT2D eigenvalue weighted by Crippen LogP contribution is -2.16. The summed E-state index contributed by atoms with van der Waals surface area (Å²) in [5.41, 5.74) is 8.61. The van der Waals surface area contributed by atoms with Gasteiger partial charge >= 0.3 is 0 Å². The van der Waals surface area contributed by atoms with E-state index >= 15 is 0 Å². The van der Waals surface area contributed by atoms with E-state index in [1.165, 1.54) is 13.2 Å². The van der Waals surface area contributed by atoms with Gasteiger partial charge in [-0.25, -0.2) is 0 Å². The highest BCUT2D eigenvalue weighted by atomic mass is 16.5. The van der Waals surface area contributed by atoms with Gasteiger partial charge in [0.25, 0.3) is 5.91 Å². The molecular weight excluding hydrogens is 340 g/mol. The van der Waals surface area contributed by atoms with Gasteiger partial charge in [-0.15, -0.1) is 0 Å². The zero-order valence-corrected chi connectivity index (χ0v) is 14.9. The largest absolute Gasteiger partial charge is 0.495 e. The van der Waals surface area contributed by atoms with Crippen molar-refractivity contribution in [3.63, 3.8) is 0 Å². The Morgan fingerprint density at radius 1 is 0.963 bits per heavy atom. The third-order valence-corrected chi connectivity index (χ3v) is 4.23. The van der Waals surface area contributed by atoms with Gasteiger partial charge in [-0.2, -0.15) is 0 Å². The number of carbonyl (C=O) groups is 2. The van der Waals surface area contributed by atoms with Crippen molar-refractivity contribution >= 4 is 17.5 Å². The highest BCUT2D eigenvalue weighted by molar-refractivity contribution is 6.07. The monoisotopic (exact) mass is 360 g/mol. The van der Waals surface area contributed by atoms with Crippen LogP contribution in [0.25, 0.3) is 0 Å². The quantitative estimate of drug-likeness (QED) is 0.704. The lowest BCUT2D eigenvalue weighted by Gasteiger charge is -2.13. The lowest BCUT2D eigenvalue weighted by atomic mass is 9.99. The van der Waals surface area contributed by atoms with E-state index in [4.69, 9.17) is 10.5 Å². The van der Waals surface area contributed by atoms with Gasteiger partial charge in [-0.05, 0) is 41.8 Å². The van der Waals surface area contributed by atoms with E-state index in [1.807, 2.05) is 48.5 Å². The van der Waals surface area contributed by atoms with Gasteiger partial charge in [0.2, 0.25) is 5.91 Å². The Hall–Kier alpha value is -3.60. The molecule has 3 aromatic carbocycles. The number of benzene rings is 3. The minimum atomic E-state index is -0.572. The predicted molar refractivity (Wildman–Crippen MR) is 105 cm³/mol. The maximum absolute atomic E-state index is 12.9. The Balaban J connectivity index is 1.89. The standard InChI is InChI=1S/C22H20N2O3/c1-27-20-12-11-17(21(23)25)14-19(20)24-22(26)18-10-6-5-9-16(18)13-15-7-3-2-4-8-15/h2-12,14H,13H2,1H3,(H2,23,25)(H,24,26). The molecule has 0 radical (unpaired) electrons. The van der Waals surface area contributed by atoms with Crippen molar-refractivity contribution in [3.8, 4) is 5.75 Å². The summed E-state index contributed by atoms with van der Waals surface area (Å²) in [5.74, 6) is -0.395. The molecule has 5 nitrogen and oxygen atoms in total. The molecule has 5 heteroatoms. The molecule has 3 N–H and O–H groups in total. The van der Waals surface area contributed by atoms with Crippen molar-refractivity contribution in [2.45, 2.75) is 6.42 Å². The summed E-state index contributed by atoms with van der Waals surface area (Å²) < 4.78 is 5.28. The Morgan fingerprint density at radius 3 is 2.37 bits per heavy atom. The van der Waals surface area contributed by atoms with E-state index in [2.05, 4.69) is 5.32 Å². The number of primary amides is 1. The van der Waals surface area contributed by atoms with Crippen molar-refractivity contribution < 1.29 is 14.3 Å². The second kappa shape index (κ2) is 8.19. The van der Waals surface area contributed by atoms with E-state index in [-0.39, 0.29) is 5.91 Å². The average molecular weight is 360 g/mol. The first-order chi connectivity index (χ1) is 13.1. The van der Waals surface area contributed by atoms with E-state index in [9.17, 15) is 9.59 Å². The maximum Gasteiger partial charge on any atom is 0.256 e. The van der Waals surface area contributed by atoms with Crippen LogP contribution >= 0.6 is 0 Å². The fourth-order valence-electron chi connectivity index (χ4n) is 2.86. The first-order valence-corrected chi connectivity index (χ1v) is 8.49. The molecule has 0 spiro atoms. The molecule has 0 aliphatic carbocycles. The van der Waals surface area contributed by atoms with E-state index in [0.717, 1.165) is 11.1 Å². The molecule has 0 atom stereocenters. The summed E-state index contributed by atoms with van der Waals surface area (Å²) >= 11 is 0. The summed E-state index contributed by atoms with van der Waals surface area (Å²) in [7, 11) is 1.50. The van der Waals surface area contributed by atoms with Crippen LogP contribution in [0.5, 0.6) is 5.75 Å². The number of nitrogens with one attached hydrogen (secondary N) is 1. The fourth-order valence-corrected chi connectivity index (χ4v) is 2.86. The number of amides is 2. The molecule has 0 aliphatic heterocycles. The lowest BCUT2D eigenvalue weighted by molar-refractivity contribution is 0.0996. The zero-order chi connectivity index (χ0) is 19.2. The third-order valence-electron chi connectivity index (χ3n) is 4.23. The maximum atomic E-state index is 12.9. The minimum Gasteiger partial charge on any atom is -0.495 e. The fraction of sp³-hybridized carbons (Fsp3) is 0.0909. The van der Waals surface area contributed by atoms with Gasteiger partial charge in [0.05, 0.1) is 12.8 Å². The normalized spacial score (nSPS) is 10.3. The van der Waals surface area contributed by atoms with Gasteiger partial charge in [-0.3, -0.25) is 9.59 Å². The van der Waals surface area contributed by atoms with Crippen LogP contribution in [0.2, 0.25) is 0 Å². The molecule has 3 rings (SSSR count). The second-order valence-electron chi connectivity index (χ2n) is 6.05. The average Bonchev–Trinajstić information content (AvgIpc) is 2.69. The smallest absolute Gasteiger partial charge is 0.256 e. The van der Waals surface area contributed by atoms with Gasteiger partial charge in [0.1, 0.15) is 5.75 Å².